The predicted octanol–water partition coefficient (Wildman–Crippen LogP) is 2.91. The van der Waals surface area contributed by atoms with E-state index < -0.39 is 0 Å². The standard InChI is InChI=1S/C9H11ClOS/c10-8-3-4-9(11)7(6-8)2-1-5-12/h3-4,6,11-12H,1-2,5H2. The third kappa shape index (κ3) is 2.61. The monoisotopic (exact) mass is 202 g/mol. The molecule has 0 unspecified atom stereocenters. The average molecular weight is 203 g/mol. The van der Waals surface area contributed by atoms with Gasteiger partial charge >= 0.3 is 0 Å². The zero-order valence-electron chi connectivity index (χ0n) is 6.63. The molecule has 0 aliphatic rings. The van der Waals surface area contributed by atoms with Crippen LogP contribution in [0.4, 0.5) is 0 Å². The summed E-state index contributed by atoms with van der Waals surface area (Å²) in [5.41, 5.74) is 0.900. The van der Waals surface area contributed by atoms with E-state index in [0.717, 1.165) is 24.2 Å². The summed E-state index contributed by atoms with van der Waals surface area (Å²) in [6.45, 7) is 0. The van der Waals surface area contributed by atoms with Gasteiger partial charge in [-0.05, 0) is 42.4 Å². The number of benzene rings is 1. The van der Waals surface area contributed by atoms with Gasteiger partial charge < -0.3 is 5.11 Å². The predicted molar refractivity (Wildman–Crippen MR) is 55.3 cm³/mol. The van der Waals surface area contributed by atoms with Crippen LogP contribution in [-0.4, -0.2) is 10.9 Å². The van der Waals surface area contributed by atoms with E-state index in [4.69, 9.17) is 11.6 Å². The summed E-state index contributed by atoms with van der Waals surface area (Å²) < 4.78 is 0. The first-order valence-electron chi connectivity index (χ1n) is 3.82. The molecule has 1 nitrogen and oxygen atoms in total. The fourth-order valence-electron chi connectivity index (χ4n) is 1.02. The molecule has 0 fully saturated rings. The SMILES string of the molecule is Oc1ccc(Cl)cc1CCCS. The van der Waals surface area contributed by atoms with Crippen LogP contribution in [0.1, 0.15) is 12.0 Å². The summed E-state index contributed by atoms with van der Waals surface area (Å²) in [6, 6.07) is 5.09. The maximum absolute atomic E-state index is 9.38. The van der Waals surface area contributed by atoms with Crippen LogP contribution in [0.15, 0.2) is 18.2 Å². The summed E-state index contributed by atoms with van der Waals surface area (Å²) in [7, 11) is 0. The Morgan fingerprint density at radius 3 is 2.83 bits per heavy atom. The minimum absolute atomic E-state index is 0.321. The number of thiol groups is 1. The third-order valence-corrected chi connectivity index (χ3v) is 2.20. The molecule has 1 aromatic rings. The van der Waals surface area contributed by atoms with Gasteiger partial charge in [-0.15, -0.1) is 0 Å². The zero-order chi connectivity index (χ0) is 8.97. The Morgan fingerprint density at radius 2 is 2.17 bits per heavy atom. The first-order valence-corrected chi connectivity index (χ1v) is 4.83. The fraction of sp³-hybridized carbons (Fsp3) is 0.333. The van der Waals surface area contributed by atoms with Crippen LogP contribution in [-0.2, 0) is 6.42 Å². The molecule has 1 N–H and O–H groups in total. The number of aromatic hydroxyl groups is 1. The van der Waals surface area contributed by atoms with Gasteiger partial charge in [0.25, 0.3) is 0 Å². The molecule has 66 valence electrons. The van der Waals surface area contributed by atoms with Crippen LogP contribution >= 0.6 is 24.2 Å². The molecule has 0 heterocycles. The number of aryl methyl sites for hydroxylation is 1. The van der Waals surface area contributed by atoms with Crippen molar-refractivity contribution in [3.63, 3.8) is 0 Å². The van der Waals surface area contributed by atoms with E-state index in [-0.39, 0.29) is 0 Å². The largest absolute Gasteiger partial charge is 0.508 e. The molecule has 3 heteroatoms. The van der Waals surface area contributed by atoms with Crippen molar-refractivity contribution in [2.75, 3.05) is 5.75 Å². The van der Waals surface area contributed by atoms with Gasteiger partial charge in [0.1, 0.15) is 5.75 Å². The van der Waals surface area contributed by atoms with Gasteiger partial charge in [0.05, 0.1) is 0 Å². The summed E-state index contributed by atoms with van der Waals surface area (Å²) >= 11 is 9.86. The van der Waals surface area contributed by atoms with E-state index in [1.54, 1.807) is 18.2 Å². The minimum Gasteiger partial charge on any atom is -0.508 e. The number of phenolic OH excluding ortho intramolecular Hbond substituents is 1. The van der Waals surface area contributed by atoms with E-state index in [1.807, 2.05) is 0 Å². The van der Waals surface area contributed by atoms with E-state index in [1.165, 1.54) is 0 Å². The fourth-order valence-corrected chi connectivity index (χ4v) is 1.38. The van der Waals surface area contributed by atoms with Crippen molar-refractivity contribution < 1.29 is 5.11 Å². The molecular formula is C9H11ClOS. The van der Waals surface area contributed by atoms with Crippen molar-refractivity contribution in [3.05, 3.63) is 28.8 Å². The quantitative estimate of drug-likeness (QED) is 0.723. The minimum atomic E-state index is 0.321. The number of phenols is 1. The van der Waals surface area contributed by atoms with Crippen LogP contribution in [0, 0.1) is 0 Å². The van der Waals surface area contributed by atoms with Crippen molar-refractivity contribution in [2.24, 2.45) is 0 Å². The van der Waals surface area contributed by atoms with Crippen LogP contribution in [0.3, 0.4) is 0 Å². The highest BCUT2D eigenvalue weighted by molar-refractivity contribution is 7.80. The number of halogens is 1. The Morgan fingerprint density at radius 1 is 1.42 bits per heavy atom. The van der Waals surface area contributed by atoms with E-state index in [9.17, 15) is 5.11 Å². The van der Waals surface area contributed by atoms with Gasteiger partial charge in [0, 0.05) is 5.02 Å². The second-order valence-electron chi connectivity index (χ2n) is 2.60. The van der Waals surface area contributed by atoms with Gasteiger partial charge in [-0.2, -0.15) is 12.6 Å². The topological polar surface area (TPSA) is 20.2 Å². The zero-order valence-corrected chi connectivity index (χ0v) is 8.28. The molecule has 0 aliphatic heterocycles. The van der Waals surface area contributed by atoms with Crippen LogP contribution in [0.25, 0.3) is 0 Å². The van der Waals surface area contributed by atoms with Crippen LogP contribution in [0.5, 0.6) is 5.75 Å². The molecule has 0 aromatic heterocycles. The van der Waals surface area contributed by atoms with Crippen LogP contribution in [0.2, 0.25) is 5.02 Å². The first kappa shape index (κ1) is 9.75. The Kier molecular flexibility index (Phi) is 3.76. The molecule has 12 heavy (non-hydrogen) atoms. The van der Waals surface area contributed by atoms with E-state index in [0.29, 0.717) is 10.8 Å². The molecule has 0 saturated carbocycles. The summed E-state index contributed by atoms with van der Waals surface area (Å²) in [5, 5.41) is 10.0. The van der Waals surface area contributed by atoms with Crippen molar-refractivity contribution in [2.45, 2.75) is 12.8 Å². The highest BCUT2D eigenvalue weighted by Gasteiger charge is 2.00. The Labute approximate surface area is 82.8 Å². The lowest BCUT2D eigenvalue weighted by Gasteiger charge is -2.02. The van der Waals surface area contributed by atoms with Crippen LogP contribution < -0.4 is 0 Å². The average Bonchev–Trinajstić information content (AvgIpc) is 2.07. The molecule has 0 spiro atoms. The smallest absolute Gasteiger partial charge is 0.118 e. The molecule has 0 bridgehead atoms. The van der Waals surface area contributed by atoms with Crippen molar-refractivity contribution in [1.82, 2.24) is 0 Å². The van der Waals surface area contributed by atoms with Gasteiger partial charge in [0.15, 0.2) is 0 Å². The molecule has 0 radical (unpaired) electrons. The molecule has 0 amide bonds. The van der Waals surface area contributed by atoms with Gasteiger partial charge in [-0.1, -0.05) is 11.6 Å². The Balaban J connectivity index is 2.75. The maximum atomic E-state index is 9.38. The molecule has 0 atom stereocenters. The van der Waals surface area contributed by atoms with Gasteiger partial charge in [0.2, 0.25) is 0 Å². The lowest BCUT2D eigenvalue weighted by atomic mass is 10.1. The van der Waals surface area contributed by atoms with Crippen molar-refractivity contribution >= 4 is 24.2 Å². The number of hydrogen-bond donors (Lipinski definition) is 2. The van der Waals surface area contributed by atoms with Gasteiger partial charge in [-0.25, -0.2) is 0 Å². The highest BCUT2D eigenvalue weighted by atomic mass is 35.5. The Hall–Kier alpha value is -0.340. The van der Waals surface area contributed by atoms with E-state index >= 15 is 0 Å². The number of rotatable bonds is 3. The summed E-state index contributed by atoms with van der Waals surface area (Å²) in [6.07, 6.45) is 1.78. The lowest BCUT2D eigenvalue weighted by molar-refractivity contribution is 0.468. The molecule has 1 aromatic carbocycles. The summed E-state index contributed by atoms with van der Waals surface area (Å²) in [4.78, 5) is 0. The lowest BCUT2D eigenvalue weighted by Crippen LogP contribution is -1.86. The van der Waals surface area contributed by atoms with E-state index in [2.05, 4.69) is 12.6 Å². The maximum Gasteiger partial charge on any atom is 0.118 e. The second kappa shape index (κ2) is 4.63. The molecule has 0 saturated heterocycles. The normalized spacial score (nSPS) is 10.2. The third-order valence-electron chi connectivity index (χ3n) is 1.65. The highest BCUT2D eigenvalue weighted by Crippen LogP contribution is 2.22. The van der Waals surface area contributed by atoms with Crippen molar-refractivity contribution in [3.8, 4) is 5.75 Å². The molecule has 1 rings (SSSR count). The summed E-state index contributed by atoms with van der Waals surface area (Å²) in [5.74, 6) is 1.15. The molecular weight excluding hydrogens is 192 g/mol. The molecule has 0 aliphatic carbocycles. The first-order chi connectivity index (χ1) is 5.74. The van der Waals surface area contributed by atoms with Gasteiger partial charge in [-0.3, -0.25) is 0 Å². The number of hydrogen-bond acceptors (Lipinski definition) is 2. The Bertz CT molecular complexity index is 263. The second-order valence-corrected chi connectivity index (χ2v) is 3.48. The van der Waals surface area contributed by atoms with Crippen molar-refractivity contribution in [1.29, 1.82) is 0 Å².